The van der Waals surface area contributed by atoms with E-state index in [0.29, 0.717) is 11.6 Å². The quantitative estimate of drug-likeness (QED) is 0.228. The van der Waals surface area contributed by atoms with E-state index in [-0.39, 0.29) is 11.1 Å². The molecule has 5 unspecified atom stereocenters. The summed E-state index contributed by atoms with van der Waals surface area (Å²) in [6.45, 7) is 5.05. The van der Waals surface area contributed by atoms with E-state index in [2.05, 4.69) is 36.8 Å². The van der Waals surface area contributed by atoms with Crippen molar-refractivity contribution in [3.05, 3.63) is 60.7 Å². The standard InChI is InChI=1S/C34H38FN5O8/c1-46-21-17-19-3-2-9-36-27(19)24(18-21)40-15-13-38(14-16-40)20-7-11-39(12-8-20)23-5-4-22(35)26-25(6-10-37-28(23)26)47-34-31(43)29(41)30(42)32(48-34)33(44)45/h2-6,9-10,17-18,20,29-32,34,41-43H,7-8,11-16H2,1H3,(H,44,45). The Hall–Kier alpha value is -4.34. The van der Waals surface area contributed by atoms with E-state index in [1.54, 1.807) is 13.2 Å². The van der Waals surface area contributed by atoms with Crippen molar-refractivity contribution in [1.29, 1.82) is 0 Å². The first-order valence-electron chi connectivity index (χ1n) is 16.1. The Kier molecular flexibility index (Phi) is 8.92. The molecule has 48 heavy (non-hydrogen) atoms. The second kappa shape index (κ2) is 13.3. The van der Waals surface area contributed by atoms with Gasteiger partial charge in [0.15, 0.2) is 6.10 Å². The smallest absolute Gasteiger partial charge is 0.335 e. The Labute approximate surface area is 275 Å². The van der Waals surface area contributed by atoms with Gasteiger partial charge in [0.2, 0.25) is 6.29 Å². The van der Waals surface area contributed by atoms with Crippen LogP contribution in [0.2, 0.25) is 0 Å². The molecule has 0 saturated carbocycles. The number of methoxy groups -OCH3 is 1. The van der Waals surface area contributed by atoms with Crippen molar-refractivity contribution in [3.8, 4) is 11.5 Å². The fourth-order valence-electron chi connectivity index (χ4n) is 7.12. The van der Waals surface area contributed by atoms with Gasteiger partial charge in [-0.25, -0.2) is 9.18 Å². The number of halogens is 1. The van der Waals surface area contributed by atoms with Crippen molar-refractivity contribution in [2.24, 2.45) is 0 Å². The van der Waals surface area contributed by atoms with Crippen LogP contribution in [-0.2, 0) is 9.53 Å². The molecule has 0 bridgehead atoms. The van der Waals surface area contributed by atoms with E-state index in [0.717, 1.165) is 80.1 Å². The first-order chi connectivity index (χ1) is 23.2. The zero-order valence-electron chi connectivity index (χ0n) is 26.4. The molecule has 4 N–H and O–H groups in total. The molecule has 0 spiro atoms. The number of fused-ring (bicyclic) bond motifs is 2. The average Bonchev–Trinajstić information content (AvgIpc) is 3.11. The third kappa shape index (κ3) is 5.94. The summed E-state index contributed by atoms with van der Waals surface area (Å²) in [5.41, 5.74) is 3.12. The molecule has 0 radical (unpaired) electrons. The molecule has 3 fully saturated rings. The molecule has 5 atom stereocenters. The lowest BCUT2D eigenvalue weighted by Gasteiger charge is -2.44. The number of rotatable bonds is 7. The number of aliphatic hydroxyl groups is 3. The number of pyridine rings is 2. The van der Waals surface area contributed by atoms with Crippen molar-refractivity contribution in [1.82, 2.24) is 14.9 Å². The summed E-state index contributed by atoms with van der Waals surface area (Å²) in [6.07, 6.45) is -3.93. The Bertz CT molecular complexity index is 1800. The number of aliphatic hydroxyl groups excluding tert-OH is 3. The minimum absolute atomic E-state index is 0.0380. The maximum Gasteiger partial charge on any atom is 0.335 e. The highest BCUT2D eigenvalue weighted by Crippen LogP contribution is 2.37. The predicted molar refractivity (Wildman–Crippen MR) is 174 cm³/mol. The maximum atomic E-state index is 15.3. The second-order valence-electron chi connectivity index (χ2n) is 12.4. The number of hydrogen-bond donors (Lipinski definition) is 4. The number of hydrogen-bond acceptors (Lipinski definition) is 12. The van der Waals surface area contributed by atoms with Gasteiger partial charge < -0.3 is 44.4 Å². The molecule has 14 heteroatoms. The molecule has 4 aromatic rings. The van der Waals surface area contributed by atoms with Crippen LogP contribution < -0.4 is 19.3 Å². The monoisotopic (exact) mass is 663 g/mol. The van der Waals surface area contributed by atoms with Crippen LogP contribution >= 0.6 is 0 Å². The third-order valence-corrected chi connectivity index (χ3v) is 9.71. The first kappa shape index (κ1) is 32.2. The number of carboxylic acid groups (broad SMARTS) is 1. The summed E-state index contributed by atoms with van der Waals surface area (Å²) in [6, 6.07) is 12.8. The summed E-state index contributed by atoms with van der Waals surface area (Å²) >= 11 is 0. The van der Waals surface area contributed by atoms with Crippen molar-refractivity contribution in [2.75, 3.05) is 56.2 Å². The van der Waals surface area contributed by atoms with Gasteiger partial charge >= 0.3 is 5.97 Å². The fourth-order valence-corrected chi connectivity index (χ4v) is 7.12. The normalized spacial score (nSPS) is 25.8. The number of benzene rings is 2. The van der Waals surface area contributed by atoms with Crippen molar-refractivity contribution in [3.63, 3.8) is 0 Å². The first-order valence-corrected chi connectivity index (χ1v) is 16.1. The predicted octanol–water partition coefficient (Wildman–Crippen LogP) is 1.99. The maximum absolute atomic E-state index is 15.3. The van der Waals surface area contributed by atoms with Crippen LogP contribution in [0.3, 0.4) is 0 Å². The molecule has 0 aliphatic carbocycles. The van der Waals surface area contributed by atoms with Crippen LogP contribution in [0.25, 0.3) is 21.8 Å². The minimum atomic E-state index is -1.87. The molecule has 7 rings (SSSR count). The number of anilines is 2. The number of carbonyl (C=O) groups is 1. The van der Waals surface area contributed by atoms with Crippen molar-refractivity contribution < 1.29 is 43.8 Å². The highest BCUT2D eigenvalue weighted by atomic mass is 19.1. The summed E-state index contributed by atoms with van der Waals surface area (Å²) in [7, 11) is 1.68. The summed E-state index contributed by atoms with van der Waals surface area (Å²) in [5, 5.41) is 41.1. The van der Waals surface area contributed by atoms with Gasteiger partial charge in [0, 0.05) is 69.2 Å². The van der Waals surface area contributed by atoms with E-state index in [4.69, 9.17) is 14.2 Å². The number of nitrogens with zero attached hydrogens (tertiary/aromatic N) is 5. The van der Waals surface area contributed by atoms with E-state index in [1.807, 2.05) is 18.3 Å². The lowest BCUT2D eigenvalue weighted by Crippen LogP contribution is -2.61. The van der Waals surface area contributed by atoms with Crippen LogP contribution in [0.4, 0.5) is 15.8 Å². The number of piperazine rings is 1. The Balaban J connectivity index is 1.03. The molecule has 2 aromatic heterocycles. The fraction of sp³-hybridized carbons (Fsp3) is 0.441. The van der Waals surface area contributed by atoms with Crippen LogP contribution in [0.15, 0.2) is 54.9 Å². The lowest BCUT2D eigenvalue weighted by atomic mass is 9.99. The number of piperidine rings is 1. The molecule has 3 saturated heterocycles. The van der Waals surface area contributed by atoms with Gasteiger partial charge in [0.25, 0.3) is 0 Å². The van der Waals surface area contributed by atoms with Crippen molar-refractivity contribution >= 4 is 39.1 Å². The Morgan fingerprint density at radius 1 is 0.875 bits per heavy atom. The van der Waals surface area contributed by atoms with E-state index < -0.39 is 42.5 Å². The molecular weight excluding hydrogens is 625 g/mol. The number of aromatic nitrogens is 2. The topological polar surface area (TPSA) is 161 Å². The summed E-state index contributed by atoms with van der Waals surface area (Å²) in [5.74, 6) is -1.39. The largest absolute Gasteiger partial charge is 0.497 e. The third-order valence-electron chi connectivity index (χ3n) is 9.71. The highest BCUT2D eigenvalue weighted by Gasteiger charge is 2.48. The van der Waals surface area contributed by atoms with Crippen LogP contribution in [0.1, 0.15) is 12.8 Å². The van der Waals surface area contributed by atoms with Gasteiger partial charge in [0.1, 0.15) is 41.1 Å². The molecule has 254 valence electrons. The van der Waals surface area contributed by atoms with Crippen LogP contribution in [0.5, 0.6) is 11.5 Å². The second-order valence-corrected chi connectivity index (χ2v) is 12.4. The molecule has 3 aliphatic heterocycles. The van der Waals surface area contributed by atoms with Crippen molar-refractivity contribution in [2.45, 2.75) is 49.6 Å². The SMILES string of the molecule is COc1cc(N2CCN(C3CCN(c4ccc(F)c5c(OC6OC(C(=O)O)C(O)C(O)C6O)ccnc45)CC3)CC2)c2ncccc2c1. The molecule has 3 aliphatic rings. The zero-order chi connectivity index (χ0) is 33.5. The number of aliphatic carboxylic acids is 1. The van der Waals surface area contributed by atoms with Gasteiger partial charge in [0.05, 0.1) is 29.4 Å². The van der Waals surface area contributed by atoms with Crippen LogP contribution in [-0.4, -0.2) is 124 Å². The molecule has 0 amide bonds. The lowest BCUT2D eigenvalue weighted by molar-refractivity contribution is -0.270. The summed E-state index contributed by atoms with van der Waals surface area (Å²) < 4.78 is 31.9. The van der Waals surface area contributed by atoms with Gasteiger partial charge in [-0.1, -0.05) is 6.07 Å². The number of carboxylic acids is 1. The molecular formula is C34H38FN5O8. The minimum Gasteiger partial charge on any atom is -0.497 e. The molecule has 2 aromatic carbocycles. The van der Waals surface area contributed by atoms with Gasteiger partial charge in [-0.15, -0.1) is 0 Å². The van der Waals surface area contributed by atoms with E-state index in [9.17, 15) is 25.2 Å². The van der Waals surface area contributed by atoms with Gasteiger partial charge in [-0.05, 0) is 43.2 Å². The molecule has 5 heterocycles. The van der Waals surface area contributed by atoms with E-state index >= 15 is 4.39 Å². The van der Waals surface area contributed by atoms with E-state index in [1.165, 1.54) is 18.3 Å². The average molecular weight is 664 g/mol. The van der Waals surface area contributed by atoms with Gasteiger partial charge in [-0.3, -0.25) is 14.9 Å². The summed E-state index contributed by atoms with van der Waals surface area (Å²) in [4.78, 5) is 27.7. The Morgan fingerprint density at radius 2 is 1.60 bits per heavy atom. The highest BCUT2D eigenvalue weighted by molar-refractivity contribution is 5.95. The Morgan fingerprint density at radius 3 is 2.33 bits per heavy atom. The number of ether oxygens (including phenoxy) is 3. The molecule has 13 nitrogen and oxygen atoms in total. The van der Waals surface area contributed by atoms with Gasteiger partial charge in [-0.2, -0.15) is 0 Å². The van der Waals surface area contributed by atoms with Crippen LogP contribution in [0, 0.1) is 5.82 Å². The zero-order valence-corrected chi connectivity index (χ0v) is 26.4.